The van der Waals surface area contributed by atoms with Crippen LogP contribution < -0.4 is 0 Å². The van der Waals surface area contributed by atoms with E-state index in [0.717, 1.165) is 19.4 Å². The van der Waals surface area contributed by atoms with Gasteiger partial charge in [-0.05, 0) is 26.3 Å². The average molecular weight is 225 g/mol. The van der Waals surface area contributed by atoms with Crippen LogP contribution in [0, 0.1) is 6.92 Å². The molecule has 0 aromatic carbocycles. The molecule has 6 nitrogen and oxygen atoms in total. The number of aliphatic carboxylic acids is 1. The lowest BCUT2D eigenvalue weighted by atomic mass is 10.1. The first kappa shape index (κ1) is 11.1. The third-order valence-corrected chi connectivity index (χ3v) is 2.82. The average Bonchev–Trinajstić information content (AvgIpc) is 2.77. The molecule has 1 aliphatic heterocycles. The number of nitrogens with zero attached hydrogens (tertiary/aromatic N) is 3. The van der Waals surface area contributed by atoms with Crippen molar-refractivity contribution in [3.8, 4) is 0 Å². The van der Waals surface area contributed by atoms with E-state index in [1.165, 1.54) is 0 Å². The molecule has 0 radical (unpaired) electrons. The maximum atomic E-state index is 10.7. The molecule has 88 valence electrons. The number of hydrogen-bond donors (Lipinski definition) is 1. The van der Waals surface area contributed by atoms with E-state index in [2.05, 4.69) is 15.0 Å². The molecule has 0 spiro atoms. The van der Waals surface area contributed by atoms with E-state index < -0.39 is 5.97 Å². The van der Waals surface area contributed by atoms with Gasteiger partial charge in [0.05, 0.1) is 13.0 Å². The second-order valence-corrected chi connectivity index (χ2v) is 4.10. The van der Waals surface area contributed by atoms with Gasteiger partial charge in [-0.15, -0.1) is 0 Å². The number of aromatic nitrogens is 2. The maximum absolute atomic E-state index is 10.7. The van der Waals surface area contributed by atoms with Crippen molar-refractivity contribution in [2.24, 2.45) is 0 Å². The summed E-state index contributed by atoms with van der Waals surface area (Å²) in [6.45, 7) is 3.23. The summed E-state index contributed by atoms with van der Waals surface area (Å²) in [5.74, 6) is 0.428. The van der Waals surface area contributed by atoms with Gasteiger partial charge in [-0.1, -0.05) is 5.16 Å². The Morgan fingerprint density at radius 3 is 3.12 bits per heavy atom. The molecule has 0 amide bonds. The monoisotopic (exact) mass is 225 g/mol. The van der Waals surface area contributed by atoms with Crippen LogP contribution >= 0.6 is 0 Å². The SMILES string of the molecule is Cc1noc(CN2CCCC2CC(=O)O)n1. The van der Waals surface area contributed by atoms with Crippen LogP contribution in [0.1, 0.15) is 31.0 Å². The Bertz CT molecular complexity index is 377. The van der Waals surface area contributed by atoms with E-state index in [1.54, 1.807) is 6.92 Å². The van der Waals surface area contributed by atoms with Crippen molar-refractivity contribution in [2.45, 2.75) is 38.8 Å². The van der Waals surface area contributed by atoms with Crippen molar-refractivity contribution in [1.29, 1.82) is 0 Å². The molecule has 16 heavy (non-hydrogen) atoms. The molecule has 1 aromatic rings. The first-order valence-electron chi connectivity index (χ1n) is 5.40. The van der Waals surface area contributed by atoms with E-state index in [9.17, 15) is 4.79 Å². The summed E-state index contributed by atoms with van der Waals surface area (Å²) in [5, 5.41) is 12.5. The minimum atomic E-state index is -0.751. The predicted octanol–water partition coefficient (Wildman–Crippen LogP) is 0.817. The molecule has 1 aromatic heterocycles. The molecular formula is C10H15N3O3. The first-order valence-corrected chi connectivity index (χ1v) is 5.40. The van der Waals surface area contributed by atoms with Gasteiger partial charge >= 0.3 is 5.97 Å². The lowest BCUT2D eigenvalue weighted by Gasteiger charge is -2.20. The molecule has 1 unspecified atom stereocenters. The minimum Gasteiger partial charge on any atom is -0.481 e. The van der Waals surface area contributed by atoms with Gasteiger partial charge in [0.15, 0.2) is 5.82 Å². The Hall–Kier alpha value is -1.43. The number of carboxylic acids is 1. The van der Waals surface area contributed by atoms with Crippen molar-refractivity contribution >= 4 is 5.97 Å². The normalized spacial score (nSPS) is 21.4. The van der Waals surface area contributed by atoms with E-state index in [0.29, 0.717) is 18.3 Å². The summed E-state index contributed by atoms with van der Waals surface area (Å²) in [7, 11) is 0. The fourth-order valence-electron chi connectivity index (χ4n) is 2.11. The van der Waals surface area contributed by atoms with Crippen LogP contribution in [0.3, 0.4) is 0 Å². The maximum Gasteiger partial charge on any atom is 0.304 e. The van der Waals surface area contributed by atoms with E-state index in [4.69, 9.17) is 9.63 Å². The van der Waals surface area contributed by atoms with Crippen LogP contribution in [0.2, 0.25) is 0 Å². The third-order valence-electron chi connectivity index (χ3n) is 2.82. The van der Waals surface area contributed by atoms with Gasteiger partial charge in [0.2, 0.25) is 5.89 Å². The lowest BCUT2D eigenvalue weighted by Crippen LogP contribution is -2.30. The van der Waals surface area contributed by atoms with Gasteiger partial charge in [0, 0.05) is 6.04 Å². The fourth-order valence-corrected chi connectivity index (χ4v) is 2.11. The molecule has 2 rings (SSSR count). The second kappa shape index (κ2) is 4.61. The standard InChI is InChI=1S/C10H15N3O3/c1-7-11-9(16-12-7)6-13-4-2-3-8(13)5-10(14)15/h8H,2-6H2,1H3,(H,14,15). The second-order valence-electron chi connectivity index (χ2n) is 4.10. The number of aryl methyl sites for hydroxylation is 1. The van der Waals surface area contributed by atoms with Crippen molar-refractivity contribution in [2.75, 3.05) is 6.54 Å². The Morgan fingerprint density at radius 2 is 2.50 bits per heavy atom. The molecule has 1 aliphatic rings. The van der Waals surface area contributed by atoms with Gasteiger partial charge < -0.3 is 9.63 Å². The number of carboxylic acid groups (broad SMARTS) is 1. The summed E-state index contributed by atoms with van der Waals surface area (Å²) in [6.07, 6.45) is 2.15. The summed E-state index contributed by atoms with van der Waals surface area (Å²) in [5.41, 5.74) is 0. The summed E-state index contributed by atoms with van der Waals surface area (Å²) in [4.78, 5) is 16.9. The van der Waals surface area contributed by atoms with E-state index in [1.807, 2.05) is 0 Å². The minimum absolute atomic E-state index is 0.102. The van der Waals surface area contributed by atoms with Gasteiger partial charge in [-0.2, -0.15) is 4.98 Å². The molecule has 0 bridgehead atoms. The topological polar surface area (TPSA) is 79.5 Å². The number of likely N-dealkylation sites (tertiary alicyclic amines) is 1. The molecule has 6 heteroatoms. The third kappa shape index (κ3) is 2.57. The highest BCUT2D eigenvalue weighted by Gasteiger charge is 2.27. The van der Waals surface area contributed by atoms with Crippen LogP contribution in [0.5, 0.6) is 0 Å². The predicted molar refractivity (Wildman–Crippen MR) is 54.7 cm³/mol. The van der Waals surface area contributed by atoms with Crippen LogP contribution in [0.25, 0.3) is 0 Å². The highest BCUT2D eigenvalue weighted by molar-refractivity contribution is 5.67. The smallest absolute Gasteiger partial charge is 0.304 e. The molecule has 0 aliphatic carbocycles. The van der Waals surface area contributed by atoms with Crippen LogP contribution in [-0.2, 0) is 11.3 Å². The zero-order valence-corrected chi connectivity index (χ0v) is 9.22. The largest absolute Gasteiger partial charge is 0.481 e. The first-order chi connectivity index (χ1) is 7.65. The number of carbonyl (C=O) groups is 1. The molecule has 0 saturated carbocycles. The van der Waals surface area contributed by atoms with Crippen LogP contribution in [-0.4, -0.2) is 38.7 Å². The van der Waals surface area contributed by atoms with Gasteiger partial charge in [0.25, 0.3) is 0 Å². The summed E-state index contributed by atoms with van der Waals surface area (Å²) >= 11 is 0. The van der Waals surface area contributed by atoms with E-state index >= 15 is 0 Å². The van der Waals surface area contributed by atoms with Crippen molar-refractivity contribution in [3.63, 3.8) is 0 Å². The Morgan fingerprint density at radius 1 is 1.69 bits per heavy atom. The van der Waals surface area contributed by atoms with Crippen LogP contribution in [0.4, 0.5) is 0 Å². The van der Waals surface area contributed by atoms with Crippen molar-refractivity contribution in [3.05, 3.63) is 11.7 Å². The van der Waals surface area contributed by atoms with Crippen LogP contribution in [0.15, 0.2) is 4.52 Å². The molecular weight excluding hydrogens is 210 g/mol. The highest BCUT2D eigenvalue weighted by Crippen LogP contribution is 2.21. The molecule has 1 saturated heterocycles. The van der Waals surface area contributed by atoms with Gasteiger partial charge in [-0.25, -0.2) is 0 Å². The number of hydrogen-bond acceptors (Lipinski definition) is 5. The Balaban J connectivity index is 1.95. The van der Waals surface area contributed by atoms with E-state index in [-0.39, 0.29) is 12.5 Å². The zero-order chi connectivity index (χ0) is 11.5. The fraction of sp³-hybridized carbons (Fsp3) is 0.700. The zero-order valence-electron chi connectivity index (χ0n) is 9.22. The summed E-state index contributed by atoms with van der Waals surface area (Å²) < 4.78 is 5.03. The molecule has 2 heterocycles. The lowest BCUT2D eigenvalue weighted by molar-refractivity contribution is -0.138. The Kier molecular flexibility index (Phi) is 3.19. The molecule has 1 N–H and O–H groups in total. The Labute approximate surface area is 93.2 Å². The van der Waals surface area contributed by atoms with Gasteiger partial charge in [0.1, 0.15) is 0 Å². The van der Waals surface area contributed by atoms with Crippen molar-refractivity contribution in [1.82, 2.24) is 15.0 Å². The van der Waals surface area contributed by atoms with Gasteiger partial charge in [-0.3, -0.25) is 9.69 Å². The highest BCUT2D eigenvalue weighted by atomic mass is 16.5. The molecule has 1 atom stereocenters. The summed E-state index contributed by atoms with van der Waals surface area (Å²) in [6, 6.07) is 0.102. The molecule has 1 fully saturated rings. The number of rotatable bonds is 4. The quantitative estimate of drug-likeness (QED) is 0.817. The van der Waals surface area contributed by atoms with Crippen molar-refractivity contribution < 1.29 is 14.4 Å².